The first-order chi connectivity index (χ1) is 9.94. The summed E-state index contributed by atoms with van der Waals surface area (Å²) in [6.07, 6.45) is 0. The van der Waals surface area contributed by atoms with E-state index in [4.69, 9.17) is 0 Å². The normalized spacial score (nSPS) is 12.9. The predicted molar refractivity (Wildman–Crippen MR) is 93.9 cm³/mol. The molecule has 0 heterocycles. The highest BCUT2D eigenvalue weighted by Gasteiger charge is 2.15. The number of halogens is 1. The molecule has 2 N–H and O–H groups in total. The van der Waals surface area contributed by atoms with Crippen LogP contribution in [0.3, 0.4) is 0 Å². The Balaban J connectivity index is 2.26. The Bertz CT molecular complexity index is 715. The van der Waals surface area contributed by atoms with Gasteiger partial charge in [0.1, 0.15) is 0 Å². The third-order valence-electron chi connectivity index (χ3n) is 3.24. The van der Waals surface area contributed by atoms with Gasteiger partial charge in [-0.25, -0.2) is 8.42 Å². The van der Waals surface area contributed by atoms with Crippen molar-refractivity contribution in [3.63, 3.8) is 0 Å². The first kappa shape index (κ1) is 16.3. The van der Waals surface area contributed by atoms with Crippen molar-refractivity contribution in [2.45, 2.75) is 17.9 Å². The second kappa shape index (κ2) is 6.76. The van der Waals surface area contributed by atoms with E-state index in [0.29, 0.717) is 5.69 Å². The molecule has 0 aliphatic carbocycles. The molecule has 2 aromatic carbocycles. The van der Waals surface area contributed by atoms with E-state index in [1.54, 1.807) is 24.3 Å². The minimum atomic E-state index is -3.56. The lowest BCUT2D eigenvalue weighted by Gasteiger charge is -2.12. The van der Waals surface area contributed by atoms with Gasteiger partial charge in [0, 0.05) is 9.61 Å². The van der Waals surface area contributed by atoms with E-state index in [-0.39, 0.29) is 10.9 Å². The van der Waals surface area contributed by atoms with Crippen molar-refractivity contribution < 1.29 is 8.42 Å². The summed E-state index contributed by atoms with van der Waals surface area (Å²) >= 11 is 2.10. The number of hydrogen-bond acceptors (Lipinski definition) is 3. The first-order valence-electron chi connectivity index (χ1n) is 6.48. The van der Waals surface area contributed by atoms with Gasteiger partial charge < -0.3 is 5.32 Å². The van der Waals surface area contributed by atoms with E-state index >= 15 is 0 Å². The van der Waals surface area contributed by atoms with Gasteiger partial charge in [0.2, 0.25) is 0 Å². The predicted octanol–water partition coefficient (Wildman–Crippen LogP) is 3.37. The second-order valence-corrected chi connectivity index (χ2v) is 7.51. The number of anilines is 1. The van der Waals surface area contributed by atoms with Crippen LogP contribution in [0.25, 0.3) is 0 Å². The summed E-state index contributed by atoms with van der Waals surface area (Å²) < 4.78 is 28.2. The lowest BCUT2D eigenvalue weighted by molar-refractivity contribution is 0.601. The van der Waals surface area contributed by atoms with Crippen molar-refractivity contribution in [1.29, 1.82) is 0 Å². The van der Waals surface area contributed by atoms with Crippen molar-refractivity contribution in [3.05, 3.63) is 57.7 Å². The topological polar surface area (TPSA) is 58.2 Å². The van der Waals surface area contributed by atoms with E-state index in [1.165, 1.54) is 0 Å². The average molecular weight is 416 g/mol. The van der Waals surface area contributed by atoms with Crippen LogP contribution in [0.4, 0.5) is 5.69 Å². The van der Waals surface area contributed by atoms with Crippen LogP contribution < -0.4 is 10.0 Å². The van der Waals surface area contributed by atoms with Crippen LogP contribution in [-0.4, -0.2) is 15.5 Å². The fourth-order valence-corrected chi connectivity index (χ4v) is 3.63. The largest absolute Gasteiger partial charge is 0.313 e. The van der Waals surface area contributed by atoms with E-state index in [9.17, 15) is 8.42 Å². The SMILES string of the molecule is CNC(C)c1ccc(S(=O)(=O)Nc2ccccc2I)cc1. The van der Waals surface area contributed by atoms with Gasteiger partial charge in [0.15, 0.2) is 0 Å². The fraction of sp³-hybridized carbons (Fsp3) is 0.200. The van der Waals surface area contributed by atoms with Crippen LogP contribution in [0.2, 0.25) is 0 Å². The van der Waals surface area contributed by atoms with Crippen LogP contribution >= 0.6 is 22.6 Å². The summed E-state index contributed by atoms with van der Waals surface area (Å²) in [7, 11) is -1.69. The smallest absolute Gasteiger partial charge is 0.261 e. The van der Waals surface area contributed by atoms with Gasteiger partial charge in [-0.3, -0.25) is 4.72 Å². The molecule has 2 aromatic rings. The van der Waals surface area contributed by atoms with Crippen LogP contribution in [0.5, 0.6) is 0 Å². The van der Waals surface area contributed by atoms with Crippen molar-refractivity contribution in [3.8, 4) is 0 Å². The highest BCUT2D eigenvalue weighted by atomic mass is 127. The van der Waals surface area contributed by atoms with Gasteiger partial charge >= 0.3 is 0 Å². The van der Waals surface area contributed by atoms with Crippen molar-refractivity contribution in [1.82, 2.24) is 5.32 Å². The van der Waals surface area contributed by atoms with E-state index in [1.807, 2.05) is 38.2 Å². The molecule has 1 atom stereocenters. The summed E-state index contributed by atoms with van der Waals surface area (Å²) in [6, 6.07) is 14.4. The minimum Gasteiger partial charge on any atom is -0.313 e. The number of nitrogens with one attached hydrogen (secondary N) is 2. The maximum atomic E-state index is 12.4. The Kier molecular flexibility index (Phi) is 5.23. The van der Waals surface area contributed by atoms with Gasteiger partial charge in [-0.1, -0.05) is 24.3 Å². The van der Waals surface area contributed by atoms with Gasteiger partial charge in [-0.2, -0.15) is 0 Å². The molecule has 0 amide bonds. The molecule has 2 rings (SSSR count). The Morgan fingerprint density at radius 2 is 1.67 bits per heavy atom. The van der Waals surface area contributed by atoms with Crippen LogP contribution in [-0.2, 0) is 10.0 Å². The van der Waals surface area contributed by atoms with Gasteiger partial charge in [-0.15, -0.1) is 0 Å². The molecule has 6 heteroatoms. The number of para-hydroxylation sites is 1. The molecule has 1 unspecified atom stereocenters. The third kappa shape index (κ3) is 3.96. The van der Waals surface area contributed by atoms with E-state index < -0.39 is 10.0 Å². The Labute approximate surface area is 139 Å². The molecular weight excluding hydrogens is 399 g/mol. The maximum absolute atomic E-state index is 12.4. The summed E-state index contributed by atoms with van der Waals surface area (Å²) in [5.41, 5.74) is 1.64. The highest BCUT2D eigenvalue weighted by molar-refractivity contribution is 14.1. The van der Waals surface area contributed by atoms with Gasteiger partial charge in [0.05, 0.1) is 10.6 Å². The zero-order chi connectivity index (χ0) is 15.5. The van der Waals surface area contributed by atoms with Gasteiger partial charge in [0.25, 0.3) is 10.0 Å². The molecular formula is C15H17IN2O2S. The van der Waals surface area contributed by atoms with E-state index in [2.05, 4.69) is 32.6 Å². The molecule has 0 bridgehead atoms. The van der Waals surface area contributed by atoms with Crippen molar-refractivity contribution in [2.75, 3.05) is 11.8 Å². The molecule has 21 heavy (non-hydrogen) atoms. The maximum Gasteiger partial charge on any atom is 0.261 e. The Morgan fingerprint density at radius 3 is 2.24 bits per heavy atom. The molecule has 0 aliphatic heterocycles. The number of hydrogen-bond donors (Lipinski definition) is 2. The molecule has 0 aromatic heterocycles. The summed E-state index contributed by atoms with van der Waals surface area (Å²) in [5, 5.41) is 3.12. The van der Waals surface area contributed by atoms with E-state index in [0.717, 1.165) is 9.13 Å². The monoisotopic (exact) mass is 416 g/mol. The second-order valence-electron chi connectivity index (χ2n) is 4.66. The van der Waals surface area contributed by atoms with Crippen molar-refractivity contribution >= 4 is 38.3 Å². The molecule has 0 saturated heterocycles. The Morgan fingerprint density at radius 1 is 1.05 bits per heavy atom. The number of benzene rings is 2. The molecule has 0 spiro atoms. The molecule has 112 valence electrons. The zero-order valence-electron chi connectivity index (χ0n) is 11.8. The Hall–Kier alpha value is -1.12. The highest BCUT2D eigenvalue weighted by Crippen LogP contribution is 2.22. The standard InChI is InChI=1S/C15H17IN2O2S/c1-11(17-2)12-7-9-13(10-8-12)21(19,20)18-15-6-4-3-5-14(15)16/h3-11,17-18H,1-2H3. The fourth-order valence-electron chi connectivity index (χ4n) is 1.85. The van der Waals surface area contributed by atoms with Crippen LogP contribution in [0.15, 0.2) is 53.4 Å². The summed E-state index contributed by atoms with van der Waals surface area (Å²) in [4.78, 5) is 0.259. The lowest BCUT2D eigenvalue weighted by atomic mass is 10.1. The number of rotatable bonds is 5. The minimum absolute atomic E-state index is 0.185. The lowest BCUT2D eigenvalue weighted by Crippen LogP contribution is -2.15. The summed E-state index contributed by atoms with van der Waals surface area (Å²) in [5.74, 6) is 0. The van der Waals surface area contributed by atoms with Crippen LogP contribution in [0.1, 0.15) is 18.5 Å². The average Bonchev–Trinajstić information content (AvgIpc) is 2.49. The molecule has 0 fully saturated rings. The summed E-state index contributed by atoms with van der Waals surface area (Å²) in [6.45, 7) is 2.02. The van der Waals surface area contributed by atoms with Crippen molar-refractivity contribution in [2.24, 2.45) is 0 Å². The zero-order valence-corrected chi connectivity index (χ0v) is 14.8. The van der Waals surface area contributed by atoms with Gasteiger partial charge in [-0.05, 0) is 66.4 Å². The van der Waals surface area contributed by atoms with Crippen LogP contribution in [0, 0.1) is 3.57 Å². The first-order valence-corrected chi connectivity index (χ1v) is 9.05. The molecule has 0 radical (unpaired) electrons. The molecule has 4 nitrogen and oxygen atoms in total. The number of sulfonamides is 1. The third-order valence-corrected chi connectivity index (χ3v) is 5.56. The quantitative estimate of drug-likeness (QED) is 0.735. The molecule has 0 aliphatic rings. The molecule has 0 saturated carbocycles.